The second-order valence-corrected chi connectivity index (χ2v) is 3.61. The summed E-state index contributed by atoms with van der Waals surface area (Å²) in [6.07, 6.45) is 0.363. The highest BCUT2D eigenvalue weighted by Gasteiger charge is 2.37. The molecule has 0 aliphatic rings. The van der Waals surface area contributed by atoms with Gasteiger partial charge in [0.15, 0.2) is 0 Å². The molecule has 0 aromatic heterocycles. The third-order valence-corrected chi connectivity index (χ3v) is 2.41. The molecule has 0 aromatic rings. The van der Waals surface area contributed by atoms with Gasteiger partial charge in [-0.2, -0.15) is 0 Å². The quantitative estimate of drug-likeness (QED) is 0.499. The monoisotopic (exact) mass is 244 g/mol. The van der Waals surface area contributed by atoms with Gasteiger partial charge in [-0.3, -0.25) is 14.4 Å². The summed E-state index contributed by atoms with van der Waals surface area (Å²) >= 11 is 0. The van der Waals surface area contributed by atoms with Crippen molar-refractivity contribution in [2.75, 3.05) is 13.2 Å². The van der Waals surface area contributed by atoms with Gasteiger partial charge in [-0.05, 0) is 27.2 Å². The van der Waals surface area contributed by atoms with Crippen LogP contribution in [0.5, 0.6) is 0 Å². The lowest BCUT2D eigenvalue weighted by atomic mass is 9.87. The van der Waals surface area contributed by atoms with Crippen molar-refractivity contribution in [3.8, 4) is 0 Å². The van der Waals surface area contributed by atoms with Crippen LogP contribution in [0.2, 0.25) is 0 Å². The van der Waals surface area contributed by atoms with Crippen molar-refractivity contribution in [3.63, 3.8) is 0 Å². The molecule has 5 nitrogen and oxygen atoms in total. The molecule has 98 valence electrons. The molecule has 2 atom stereocenters. The smallest absolute Gasteiger partial charge is 0.317 e. The second-order valence-electron chi connectivity index (χ2n) is 3.61. The van der Waals surface area contributed by atoms with E-state index in [4.69, 9.17) is 9.47 Å². The van der Waals surface area contributed by atoms with Crippen molar-refractivity contribution in [2.45, 2.75) is 34.1 Å². The fraction of sp³-hybridized carbons (Fsp3) is 0.750. The van der Waals surface area contributed by atoms with Gasteiger partial charge in [0.25, 0.3) is 0 Å². The topological polar surface area (TPSA) is 69.7 Å². The molecule has 0 amide bonds. The number of carbonyl (C=O) groups is 3. The summed E-state index contributed by atoms with van der Waals surface area (Å²) in [7, 11) is 0. The lowest BCUT2D eigenvalue weighted by Crippen LogP contribution is -2.36. The number of hydrogen-bond donors (Lipinski definition) is 0. The zero-order chi connectivity index (χ0) is 13.4. The zero-order valence-electron chi connectivity index (χ0n) is 10.8. The van der Waals surface area contributed by atoms with E-state index in [1.165, 1.54) is 6.92 Å². The number of hydrogen-bond acceptors (Lipinski definition) is 5. The molecule has 0 spiro atoms. The third kappa shape index (κ3) is 4.54. The van der Waals surface area contributed by atoms with Crippen LogP contribution in [0.25, 0.3) is 0 Å². The molecular weight excluding hydrogens is 224 g/mol. The normalized spacial score (nSPS) is 13.6. The molecule has 0 aliphatic carbocycles. The Bertz CT molecular complexity index is 285. The first kappa shape index (κ1) is 15.6. The summed E-state index contributed by atoms with van der Waals surface area (Å²) < 4.78 is 9.66. The van der Waals surface area contributed by atoms with Crippen LogP contribution in [0.15, 0.2) is 0 Å². The van der Waals surface area contributed by atoms with E-state index in [1.54, 1.807) is 20.8 Å². The van der Waals surface area contributed by atoms with Crippen LogP contribution >= 0.6 is 0 Å². The molecule has 0 heterocycles. The van der Waals surface area contributed by atoms with Crippen LogP contribution in [-0.4, -0.2) is 30.9 Å². The van der Waals surface area contributed by atoms with Crippen LogP contribution in [0.1, 0.15) is 34.1 Å². The Kier molecular flexibility index (Phi) is 7.18. The van der Waals surface area contributed by atoms with Crippen LogP contribution in [-0.2, 0) is 23.9 Å². The molecule has 0 saturated heterocycles. The molecule has 0 N–H and O–H groups in total. The average molecular weight is 244 g/mol. The highest BCUT2D eigenvalue weighted by molar-refractivity contribution is 6.01. The summed E-state index contributed by atoms with van der Waals surface area (Å²) in [5.74, 6) is -3.36. The van der Waals surface area contributed by atoms with Crippen molar-refractivity contribution < 1.29 is 23.9 Å². The third-order valence-electron chi connectivity index (χ3n) is 2.41. The predicted molar refractivity (Wildman–Crippen MR) is 61.2 cm³/mol. The minimum Gasteiger partial charge on any atom is -0.466 e. The van der Waals surface area contributed by atoms with Crippen LogP contribution in [0.4, 0.5) is 0 Å². The maximum absolute atomic E-state index is 11.6. The second kappa shape index (κ2) is 7.81. The summed E-state index contributed by atoms with van der Waals surface area (Å²) in [5.41, 5.74) is 0. The van der Waals surface area contributed by atoms with E-state index >= 15 is 0 Å². The van der Waals surface area contributed by atoms with Gasteiger partial charge >= 0.3 is 11.9 Å². The lowest BCUT2D eigenvalue weighted by molar-refractivity contribution is -0.163. The molecule has 0 unspecified atom stereocenters. The van der Waals surface area contributed by atoms with Gasteiger partial charge in [0.1, 0.15) is 11.7 Å². The number of ketones is 1. The first-order valence-corrected chi connectivity index (χ1v) is 5.83. The number of ether oxygens (including phenoxy) is 2. The number of carbonyl (C=O) groups excluding carboxylic acids is 3. The van der Waals surface area contributed by atoms with Crippen molar-refractivity contribution in [3.05, 3.63) is 0 Å². The van der Waals surface area contributed by atoms with Gasteiger partial charge in [-0.25, -0.2) is 0 Å². The Labute approximate surface area is 101 Å². The number of esters is 2. The summed E-state index contributed by atoms with van der Waals surface area (Å²) in [6, 6.07) is 0. The standard InChI is InChI=1S/C12H20O5/c1-5-9(11(14)16-6-2)10(8(4)13)12(15)17-7-3/h9-10H,5-7H2,1-4H3/t9-,10-/m0/s1. The van der Waals surface area contributed by atoms with E-state index in [0.29, 0.717) is 6.42 Å². The zero-order valence-corrected chi connectivity index (χ0v) is 10.8. The van der Waals surface area contributed by atoms with Gasteiger partial charge in [-0.15, -0.1) is 0 Å². The fourth-order valence-corrected chi connectivity index (χ4v) is 1.63. The molecule has 0 aliphatic heterocycles. The summed E-state index contributed by atoms with van der Waals surface area (Å²) in [4.78, 5) is 34.8. The van der Waals surface area contributed by atoms with Crippen LogP contribution in [0.3, 0.4) is 0 Å². The van der Waals surface area contributed by atoms with Gasteiger partial charge in [0.2, 0.25) is 0 Å². The molecule has 0 rings (SSSR count). The first-order valence-electron chi connectivity index (χ1n) is 5.83. The Hall–Kier alpha value is -1.39. The lowest BCUT2D eigenvalue weighted by Gasteiger charge is -2.20. The van der Waals surface area contributed by atoms with Gasteiger partial charge < -0.3 is 9.47 Å². The van der Waals surface area contributed by atoms with Crippen molar-refractivity contribution in [2.24, 2.45) is 11.8 Å². The largest absolute Gasteiger partial charge is 0.466 e. The minimum atomic E-state index is -1.06. The molecule has 0 radical (unpaired) electrons. The number of Topliss-reactive ketones (excluding diaryl/α,β-unsaturated/α-hetero) is 1. The van der Waals surface area contributed by atoms with E-state index in [2.05, 4.69) is 0 Å². The Morgan fingerprint density at radius 3 is 1.76 bits per heavy atom. The maximum Gasteiger partial charge on any atom is 0.317 e. The Balaban J connectivity index is 4.93. The Morgan fingerprint density at radius 2 is 1.41 bits per heavy atom. The maximum atomic E-state index is 11.6. The fourth-order valence-electron chi connectivity index (χ4n) is 1.63. The number of rotatable bonds is 7. The highest BCUT2D eigenvalue weighted by atomic mass is 16.5. The summed E-state index contributed by atoms with van der Waals surface area (Å²) in [5, 5.41) is 0. The molecule has 17 heavy (non-hydrogen) atoms. The van der Waals surface area contributed by atoms with E-state index in [1.807, 2.05) is 0 Å². The SMILES string of the molecule is CCOC(=O)[C@@H](C(C)=O)[C@H](CC)C(=O)OCC. The molecule has 0 fully saturated rings. The van der Waals surface area contributed by atoms with Crippen molar-refractivity contribution >= 4 is 17.7 Å². The van der Waals surface area contributed by atoms with Gasteiger partial charge in [-0.1, -0.05) is 6.92 Å². The van der Waals surface area contributed by atoms with E-state index < -0.39 is 23.8 Å². The van der Waals surface area contributed by atoms with Crippen LogP contribution in [0, 0.1) is 11.8 Å². The van der Waals surface area contributed by atoms with Crippen molar-refractivity contribution in [1.82, 2.24) is 0 Å². The minimum absolute atomic E-state index is 0.182. The first-order chi connectivity index (χ1) is 7.99. The Morgan fingerprint density at radius 1 is 0.941 bits per heavy atom. The molecule has 0 bridgehead atoms. The van der Waals surface area contributed by atoms with Crippen molar-refractivity contribution in [1.29, 1.82) is 0 Å². The van der Waals surface area contributed by atoms with Gasteiger partial charge in [0, 0.05) is 0 Å². The summed E-state index contributed by atoms with van der Waals surface area (Å²) in [6.45, 7) is 6.75. The van der Waals surface area contributed by atoms with Gasteiger partial charge in [0.05, 0.1) is 19.1 Å². The van der Waals surface area contributed by atoms with E-state index in [9.17, 15) is 14.4 Å². The highest BCUT2D eigenvalue weighted by Crippen LogP contribution is 2.20. The molecule has 0 aromatic carbocycles. The van der Waals surface area contributed by atoms with Crippen LogP contribution < -0.4 is 0 Å². The molecular formula is C12H20O5. The average Bonchev–Trinajstić information content (AvgIpc) is 2.25. The molecule has 0 saturated carbocycles. The van der Waals surface area contributed by atoms with E-state index in [0.717, 1.165) is 0 Å². The van der Waals surface area contributed by atoms with E-state index in [-0.39, 0.29) is 19.0 Å². The predicted octanol–water partition coefficient (Wildman–Crippen LogP) is 1.34. The molecule has 5 heteroatoms.